The third kappa shape index (κ3) is 4.66. The number of ether oxygens (including phenoxy) is 2. The van der Waals surface area contributed by atoms with Gasteiger partial charge in [-0.15, -0.1) is 0 Å². The highest BCUT2D eigenvalue weighted by atomic mass is 35.5. The molecule has 2 aromatic rings. The van der Waals surface area contributed by atoms with Crippen molar-refractivity contribution in [3.63, 3.8) is 0 Å². The van der Waals surface area contributed by atoms with E-state index in [-0.39, 0.29) is 11.4 Å². The number of carbonyl (C=O) groups is 1. The highest BCUT2D eigenvalue weighted by Crippen LogP contribution is 2.34. The van der Waals surface area contributed by atoms with Crippen LogP contribution < -0.4 is 14.8 Å². The molecule has 144 valence electrons. The lowest BCUT2D eigenvalue weighted by Gasteiger charge is -2.29. The Morgan fingerprint density at radius 2 is 1.85 bits per heavy atom. The van der Waals surface area contributed by atoms with Crippen molar-refractivity contribution in [2.45, 2.75) is 25.8 Å². The molecule has 1 aliphatic heterocycles. The Morgan fingerprint density at radius 3 is 2.59 bits per heavy atom. The van der Waals surface area contributed by atoms with Crippen LogP contribution in [0.2, 0.25) is 5.02 Å². The maximum atomic E-state index is 12.5. The van der Waals surface area contributed by atoms with Gasteiger partial charge in [-0.3, -0.25) is 0 Å². The van der Waals surface area contributed by atoms with Gasteiger partial charge in [-0.05, 0) is 29.3 Å². The molecule has 0 fully saturated rings. The Hall–Kier alpha value is -2.40. The standard InChI is InChI=1S/C21H25ClN2O3/c1-21(2,16-8-9-18-19(12-16)27-11-10-26-18)14-23-20(25)24(3)13-15-6-4-5-7-17(15)22/h4-9,12H,10-11,13-14H2,1-3H3,(H,23,25). The van der Waals surface area contributed by atoms with Gasteiger partial charge in [0, 0.05) is 30.6 Å². The van der Waals surface area contributed by atoms with Crippen LogP contribution in [0.4, 0.5) is 4.79 Å². The van der Waals surface area contributed by atoms with Crippen molar-refractivity contribution in [2.75, 3.05) is 26.8 Å². The number of nitrogens with one attached hydrogen (secondary N) is 1. The van der Waals surface area contributed by atoms with E-state index in [2.05, 4.69) is 19.2 Å². The fraction of sp³-hybridized carbons (Fsp3) is 0.381. The van der Waals surface area contributed by atoms with Crippen LogP contribution in [0, 0.1) is 0 Å². The molecule has 0 aliphatic carbocycles. The van der Waals surface area contributed by atoms with Gasteiger partial charge in [0.2, 0.25) is 0 Å². The minimum Gasteiger partial charge on any atom is -0.486 e. The van der Waals surface area contributed by atoms with Crippen molar-refractivity contribution in [3.8, 4) is 11.5 Å². The van der Waals surface area contributed by atoms with E-state index < -0.39 is 0 Å². The number of rotatable bonds is 5. The van der Waals surface area contributed by atoms with Crippen LogP contribution >= 0.6 is 11.6 Å². The number of urea groups is 1. The number of nitrogens with zero attached hydrogens (tertiary/aromatic N) is 1. The van der Waals surface area contributed by atoms with E-state index in [0.29, 0.717) is 31.3 Å². The van der Waals surface area contributed by atoms with Crippen molar-refractivity contribution >= 4 is 17.6 Å². The number of amides is 2. The van der Waals surface area contributed by atoms with Crippen LogP contribution in [0.3, 0.4) is 0 Å². The topological polar surface area (TPSA) is 50.8 Å². The Morgan fingerprint density at radius 1 is 1.15 bits per heavy atom. The Kier molecular flexibility index (Phi) is 5.80. The van der Waals surface area contributed by atoms with Crippen LogP contribution in [0.15, 0.2) is 42.5 Å². The second-order valence-electron chi connectivity index (χ2n) is 7.35. The summed E-state index contributed by atoms with van der Waals surface area (Å²) in [5.41, 5.74) is 1.75. The van der Waals surface area contributed by atoms with Gasteiger partial charge >= 0.3 is 6.03 Å². The van der Waals surface area contributed by atoms with E-state index in [1.54, 1.807) is 11.9 Å². The van der Waals surface area contributed by atoms with E-state index in [0.717, 1.165) is 22.6 Å². The first kappa shape index (κ1) is 19.4. The van der Waals surface area contributed by atoms with E-state index >= 15 is 0 Å². The molecule has 6 heteroatoms. The number of fused-ring (bicyclic) bond motifs is 1. The molecule has 27 heavy (non-hydrogen) atoms. The number of carbonyl (C=O) groups excluding carboxylic acids is 1. The molecule has 3 rings (SSSR count). The summed E-state index contributed by atoms with van der Waals surface area (Å²) in [5.74, 6) is 1.53. The van der Waals surface area contributed by atoms with Crippen molar-refractivity contribution in [2.24, 2.45) is 0 Å². The molecule has 0 saturated heterocycles. The molecule has 0 atom stereocenters. The first-order valence-corrected chi connectivity index (χ1v) is 9.37. The predicted molar refractivity (Wildman–Crippen MR) is 107 cm³/mol. The minimum absolute atomic E-state index is 0.138. The first-order valence-electron chi connectivity index (χ1n) is 8.99. The number of hydrogen-bond donors (Lipinski definition) is 1. The molecule has 0 unspecified atom stereocenters. The van der Waals surface area contributed by atoms with Gasteiger partial charge in [-0.25, -0.2) is 4.79 Å². The molecule has 1 N–H and O–H groups in total. The zero-order valence-electron chi connectivity index (χ0n) is 15.9. The van der Waals surface area contributed by atoms with Crippen molar-refractivity contribution in [3.05, 3.63) is 58.6 Å². The molecule has 1 heterocycles. The second kappa shape index (κ2) is 8.09. The summed E-state index contributed by atoms with van der Waals surface area (Å²) in [7, 11) is 1.76. The van der Waals surface area contributed by atoms with Crippen LogP contribution in [-0.4, -0.2) is 37.7 Å². The van der Waals surface area contributed by atoms with Crippen LogP contribution in [0.1, 0.15) is 25.0 Å². The maximum absolute atomic E-state index is 12.5. The highest BCUT2D eigenvalue weighted by molar-refractivity contribution is 6.31. The molecular formula is C21H25ClN2O3. The lowest BCUT2D eigenvalue weighted by Crippen LogP contribution is -2.42. The number of hydrogen-bond acceptors (Lipinski definition) is 3. The van der Waals surface area contributed by atoms with Crippen LogP contribution in [0.5, 0.6) is 11.5 Å². The molecule has 0 spiro atoms. The zero-order valence-corrected chi connectivity index (χ0v) is 16.7. The Balaban J connectivity index is 1.61. The predicted octanol–water partition coefficient (Wildman–Crippen LogP) is 4.23. The van der Waals surface area contributed by atoms with Gasteiger partial charge in [0.25, 0.3) is 0 Å². The lowest BCUT2D eigenvalue weighted by atomic mass is 9.84. The average molecular weight is 389 g/mol. The smallest absolute Gasteiger partial charge is 0.317 e. The van der Waals surface area contributed by atoms with Gasteiger partial charge in [-0.2, -0.15) is 0 Å². The van der Waals surface area contributed by atoms with E-state index in [4.69, 9.17) is 21.1 Å². The molecule has 2 aromatic carbocycles. The van der Waals surface area contributed by atoms with Gasteiger partial charge in [-0.1, -0.05) is 49.7 Å². The summed E-state index contributed by atoms with van der Waals surface area (Å²) in [4.78, 5) is 14.1. The molecule has 0 aromatic heterocycles. The monoisotopic (exact) mass is 388 g/mol. The fourth-order valence-electron chi connectivity index (χ4n) is 2.95. The summed E-state index contributed by atoms with van der Waals surface area (Å²) in [5, 5.41) is 3.67. The summed E-state index contributed by atoms with van der Waals surface area (Å²) >= 11 is 6.18. The highest BCUT2D eigenvalue weighted by Gasteiger charge is 2.25. The summed E-state index contributed by atoms with van der Waals surface area (Å²) < 4.78 is 11.2. The second-order valence-corrected chi connectivity index (χ2v) is 7.76. The molecular weight excluding hydrogens is 364 g/mol. The van der Waals surface area contributed by atoms with E-state index in [1.807, 2.05) is 42.5 Å². The van der Waals surface area contributed by atoms with Gasteiger partial charge in [0.1, 0.15) is 13.2 Å². The molecule has 0 radical (unpaired) electrons. The Bertz CT molecular complexity index is 823. The zero-order chi connectivity index (χ0) is 19.4. The number of halogens is 1. The fourth-order valence-corrected chi connectivity index (χ4v) is 3.15. The van der Waals surface area contributed by atoms with E-state index in [1.165, 1.54) is 0 Å². The summed E-state index contributed by atoms with van der Waals surface area (Å²) in [6.45, 7) is 6.26. The molecule has 2 amide bonds. The van der Waals surface area contributed by atoms with E-state index in [9.17, 15) is 4.79 Å². The lowest BCUT2D eigenvalue weighted by molar-refractivity contribution is 0.171. The van der Waals surface area contributed by atoms with Crippen LogP contribution in [-0.2, 0) is 12.0 Å². The quantitative estimate of drug-likeness (QED) is 0.833. The SMILES string of the molecule is CN(Cc1ccccc1Cl)C(=O)NCC(C)(C)c1ccc2c(c1)OCCO2. The molecule has 0 bridgehead atoms. The summed E-state index contributed by atoms with van der Waals surface area (Å²) in [6, 6.07) is 13.3. The van der Waals surface area contributed by atoms with Crippen molar-refractivity contribution in [1.82, 2.24) is 10.2 Å². The van der Waals surface area contributed by atoms with Crippen molar-refractivity contribution in [1.29, 1.82) is 0 Å². The number of benzene rings is 2. The Labute approximate surface area is 165 Å². The average Bonchev–Trinajstić information content (AvgIpc) is 2.67. The minimum atomic E-state index is -0.253. The van der Waals surface area contributed by atoms with Gasteiger partial charge in [0.05, 0.1) is 0 Å². The molecule has 1 aliphatic rings. The van der Waals surface area contributed by atoms with Gasteiger partial charge < -0.3 is 19.7 Å². The van der Waals surface area contributed by atoms with Gasteiger partial charge in [0.15, 0.2) is 11.5 Å². The first-order chi connectivity index (χ1) is 12.9. The summed E-state index contributed by atoms with van der Waals surface area (Å²) in [6.07, 6.45) is 0. The molecule has 0 saturated carbocycles. The largest absolute Gasteiger partial charge is 0.486 e. The van der Waals surface area contributed by atoms with Crippen LogP contribution in [0.25, 0.3) is 0 Å². The molecule has 5 nitrogen and oxygen atoms in total. The third-order valence-corrected chi connectivity index (χ3v) is 5.09. The van der Waals surface area contributed by atoms with Crippen molar-refractivity contribution < 1.29 is 14.3 Å². The third-order valence-electron chi connectivity index (χ3n) is 4.72. The maximum Gasteiger partial charge on any atom is 0.317 e. The normalized spacial score (nSPS) is 13.2.